The summed E-state index contributed by atoms with van der Waals surface area (Å²) in [4.78, 5) is 11.4. The molecule has 4 heteroatoms. The molecule has 0 aliphatic heterocycles. The number of nitriles is 1. The van der Waals surface area contributed by atoms with Crippen molar-refractivity contribution in [2.45, 2.75) is 6.42 Å². The molecule has 118 valence electrons. The Morgan fingerprint density at radius 2 is 1.88 bits per heavy atom. The largest absolute Gasteiger partial charge is 0.496 e. The Kier molecular flexibility index (Phi) is 4.17. The summed E-state index contributed by atoms with van der Waals surface area (Å²) in [6.45, 7) is 0. The standard InChI is InChI=1S/C20H15NO3/c1-24-19-10-9-16(20(22)23)18(12-21)17(19)11-14-7-4-6-13-5-2-3-8-15(13)14/h2-10H,11H2,1H3,(H,22,23). The molecule has 1 N–H and O–H groups in total. The van der Waals surface area contributed by atoms with Crippen LogP contribution in [0.5, 0.6) is 5.75 Å². The highest BCUT2D eigenvalue weighted by atomic mass is 16.5. The number of fused-ring (bicyclic) bond motifs is 1. The molecule has 0 unspecified atom stereocenters. The van der Waals surface area contributed by atoms with Gasteiger partial charge in [-0.15, -0.1) is 0 Å². The van der Waals surface area contributed by atoms with Crippen LogP contribution >= 0.6 is 0 Å². The fourth-order valence-corrected chi connectivity index (χ4v) is 2.94. The average Bonchev–Trinajstić information content (AvgIpc) is 2.61. The van der Waals surface area contributed by atoms with Crippen LogP contribution in [0.2, 0.25) is 0 Å². The second-order valence-corrected chi connectivity index (χ2v) is 5.40. The Bertz CT molecular complexity index is 965. The summed E-state index contributed by atoms with van der Waals surface area (Å²) in [5, 5.41) is 21.0. The van der Waals surface area contributed by atoms with Gasteiger partial charge in [0.2, 0.25) is 0 Å². The van der Waals surface area contributed by atoms with Crippen LogP contribution in [-0.2, 0) is 6.42 Å². The molecule has 0 aliphatic rings. The summed E-state index contributed by atoms with van der Waals surface area (Å²) in [5.74, 6) is -0.599. The third-order valence-electron chi connectivity index (χ3n) is 4.08. The van der Waals surface area contributed by atoms with Gasteiger partial charge < -0.3 is 9.84 Å². The zero-order valence-corrected chi connectivity index (χ0v) is 13.1. The minimum absolute atomic E-state index is 0.00598. The van der Waals surface area contributed by atoms with Crippen LogP contribution in [0.3, 0.4) is 0 Å². The number of rotatable bonds is 4. The molecule has 0 heterocycles. The fraction of sp³-hybridized carbons (Fsp3) is 0.100. The zero-order chi connectivity index (χ0) is 17.1. The van der Waals surface area contributed by atoms with Gasteiger partial charge in [-0.1, -0.05) is 42.5 Å². The molecule has 0 saturated carbocycles. The summed E-state index contributed by atoms with van der Waals surface area (Å²) in [6, 6.07) is 19.0. The minimum Gasteiger partial charge on any atom is -0.496 e. The van der Waals surface area contributed by atoms with Crippen molar-refractivity contribution in [3.63, 3.8) is 0 Å². The quantitative estimate of drug-likeness (QED) is 0.789. The highest BCUT2D eigenvalue weighted by molar-refractivity contribution is 5.92. The summed E-state index contributed by atoms with van der Waals surface area (Å²) >= 11 is 0. The van der Waals surface area contributed by atoms with Crippen LogP contribution in [0.1, 0.15) is 27.0 Å². The lowest BCUT2D eigenvalue weighted by atomic mass is 9.93. The van der Waals surface area contributed by atoms with E-state index in [4.69, 9.17) is 4.74 Å². The van der Waals surface area contributed by atoms with Gasteiger partial charge in [-0.2, -0.15) is 5.26 Å². The Labute approximate surface area is 139 Å². The first kappa shape index (κ1) is 15.6. The van der Waals surface area contributed by atoms with Crippen LogP contribution in [0.25, 0.3) is 10.8 Å². The maximum absolute atomic E-state index is 11.4. The molecule has 3 aromatic carbocycles. The van der Waals surface area contributed by atoms with Crippen molar-refractivity contribution < 1.29 is 14.6 Å². The smallest absolute Gasteiger partial charge is 0.337 e. The van der Waals surface area contributed by atoms with Gasteiger partial charge in [0.05, 0.1) is 18.2 Å². The van der Waals surface area contributed by atoms with Crippen molar-refractivity contribution in [3.05, 3.63) is 76.9 Å². The molecule has 0 atom stereocenters. The first-order valence-corrected chi connectivity index (χ1v) is 7.45. The van der Waals surface area contributed by atoms with Crippen LogP contribution in [0.4, 0.5) is 0 Å². The number of aromatic carboxylic acids is 1. The molecule has 0 spiro atoms. The third kappa shape index (κ3) is 2.68. The van der Waals surface area contributed by atoms with Crippen molar-refractivity contribution in [2.75, 3.05) is 7.11 Å². The molecule has 0 bridgehead atoms. The molecule has 0 aliphatic carbocycles. The molecule has 0 saturated heterocycles. The SMILES string of the molecule is COc1ccc(C(=O)O)c(C#N)c1Cc1cccc2ccccc12. The lowest BCUT2D eigenvalue weighted by Crippen LogP contribution is -2.06. The molecular weight excluding hydrogens is 302 g/mol. The molecule has 3 aromatic rings. The average molecular weight is 317 g/mol. The van der Waals surface area contributed by atoms with Gasteiger partial charge in [0.1, 0.15) is 11.8 Å². The number of ether oxygens (including phenoxy) is 1. The Balaban J connectivity index is 2.20. The van der Waals surface area contributed by atoms with Crippen LogP contribution < -0.4 is 4.74 Å². The maximum atomic E-state index is 11.4. The lowest BCUT2D eigenvalue weighted by Gasteiger charge is -2.14. The van der Waals surface area contributed by atoms with Gasteiger partial charge in [0.25, 0.3) is 0 Å². The number of benzene rings is 3. The van der Waals surface area contributed by atoms with Gasteiger partial charge in [-0.25, -0.2) is 4.79 Å². The molecule has 3 rings (SSSR count). The van der Waals surface area contributed by atoms with Crippen molar-refractivity contribution in [1.29, 1.82) is 5.26 Å². The zero-order valence-electron chi connectivity index (χ0n) is 13.1. The topological polar surface area (TPSA) is 70.3 Å². The van der Waals surface area contributed by atoms with E-state index in [9.17, 15) is 15.2 Å². The van der Waals surface area contributed by atoms with E-state index in [1.165, 1.54) is 13.2 Å². The monoisotopic (exact) mass is 317 g/mol. The Hall–Kier alpha value is -3.32. The van der Waals surface area contributed by atoms with Crippen LogP contribution in [0.15, 0.2) is 54.6 Å². The van der Waals surface area contributed by atoms with Gasteiger partial charge in [0.15, 0.2) is 0 Å². The highest BCUT2D eigenvalue weighted by Gasteiger charge is 2.19. The van der Waals surface area contributed by atoms with E-state index in [0.717, 1.165) is 16.3 Å². The minimum atomic E-state index is -1.12. The fourth-order valence-electron chi connectivity index (χ4n) is 2.94. The molecule has 24 heavy (non-hydrogen) atoms. The highest BCUT2D eigenvalue weighted by Crippen LogP contribution is 2.30. The van der Waals surface area contributed by atoms with E-state index in [1.54, 1.807) is 6.07 Å². The van der Waals surface area contributed by atoms with Crippen molar-refractivity contribution in [3.8, 4) is 11.8 Å². The number of carboxylic acid groups (broad SMARTS) is 1. The number of hydrogen-bond donors (Lipinski definition) is 1. The number of methoxy groups -OCH3 is 1. The number of carboxylic acids is 1. The van der Waals surface area contributed by atoms with Crippen LogP contribution in [0, 0.1) is 11.3 Å². The van der Waals surface area contributed by atoms with Crippen molar-refractivity contribution in [2.24, 2.45) is 0 Å². The Morgan fingerprint density at radius 3 is 2.58 bits per heavy atom. The molecule has 0 radical (unpaired) electrons. The van der Waals surface area contributed by atoms with Gasteiger partial charge in [-0.05, 0) is 28.5 Å². The summed E-state index contributed by atoms with van der Waals surface area (Å²) in [5.41, 5.74) is 1.75. The van der Waals surface area contributed by atoms with Crippen molar-refractivity contribution in [1.82, 2.24) is 0 Å². The van der Waals surface area contributed by atoms with E-state index in [1.807, 2.05) is 48.5 Å². The van der Waals surface area contributed by atoms with E-state index in [2.05, 4.69) is 0 Å². The molecular formula is C20H15NO3. The predicted octanol–water partition coefficient (Wildman–Crippen LogP) is 4.01. The van der Waals surface area contributed by atoms with E-state index < -0.39 is 5.97 Å². The maximum Gasteiger partial charge on any atom is 0.337 e. The number of carbonyl (C=O) groups is 1. The van der Waals surface area contributed by atoms with Crippen molar-refractivity contribution >= 4 is 16.7 Å². The Morgan fingerprint density at radius 1 is 1.12 bits per heavy atom. The molecule has 4 nitrogen and oxygen atoms in total. The normalized spacial score (nSPS) is 10.3. The molecule has 0 aromatic heterocycles. The second kappa shape index (κ2) is 6.43. The van der Waals surface area contributed by atoms with E-state index >= 15 is 0 Å². The first-order chi connectivity index (χ1) is 11.7. The van der Waals surface area contributed by atoms with Gasteiger partial charge in [0, 0.05) is 12.0 Å². The first-order valence-electron chi connectivity index (χ1n) is 7.45. The predicted molar refractivity (Wildman–Crippen MR) is 91.4 cm³/mol. The van der Waals surface area contributed by atoms with E-state index in [-0.39, 0.29) is 11.1 Å². The van der Waals surface area contributed by atoms with Gasteiger partial charge >= 0.3 is 5.97 Å². The number of nitrogens with zero attached hydrogens (tertiary/aromatic N) is 1. The summed E-state index contributed by atoms with van der Waals surface area (Å²) in [6.07, 6.45) is 0.425. The molecule has 0 amide bonds. The summed E-state index contributed by atoms with van der Waals surface area (Å²) in [7, 11) is 1.52. The van der Waals surface area contributed by atoms with Gasteiger partial charge in [-0.3, -0.25) is 0 Å². The lowest BCUT2D eigenvalue weighted by molar-refractivity contribution is 0.0696. The van der Waals surface area contributed by atoms with Crippen LogP contribution in [-0.4, -0.2) is 18.2 Å². The molecule has 0 fully saturated rings. The van der Waals surface area contributed by atoms with E-state index in [0.29, 0.717) is 17.7 Å². The number of hydrogen-bond acceptors (Lipinski definition) is 3. The summed E-state index contributed by atoms with van der Waals surface area (Å²) < 4.78 is 5.36. The second-order valence-electron chi connectivity index (χ2n) is 5.40. The third-order valence-corrected chi connectivity index (χ3v) is 4.08.